The summed E-state index contributed by atoms with van der Waals surface area (Å²) in [6.45, 7) is 9.22. The van der Waals surface area contributed by atoms with Crippen molar-refractivity contribution in [2.24, 2.45) is 23.5 Å². The molecule has 4 rings (SSSR count). The molecule has 5 unspecified atom stereocenters. The van der Waals surface area contributed by atoms with Crippen molar-refractivity contribution in [2.75, 3.05) is 6.54 Å². The number of ether oxygens (including phenoxy) is 2. The summed E-state index contributed by atoms with van der Waals surface area (Å²) in [7, 11) is 0. The standard InChI is InChI=1S/C29H46N4O7/c1-28(2,3)40-27(38)32-21(17-12-7-6-8-13-17)26(37)33-15-19-20(29(4,5)39-19)22(33)25(36)31-18(23(34)24(30)35)14-16-10-9-11-16/h16-22H,6-15H2,1-5H3,(H2,30,35)(H,31,36)(H,32,38). The third-order valence-corrected chi connectivity index (χ3v) is 8.99. The molecule has 2 saturated carbocycles. The number of carbonyl (C=O) groups excluding carboxylic acids is 5. The largest absolute Gasteiger partial charge is 0.444 e. The quantitative estimate of drug-likeness (QED) is 0.364. The third kappa shape index (κ3) is 6.61. The number of fused-ring (bicyclic) bond motifs is 1. The lowest BCUT2D eigenvalue weighted by Crippen LogP contribution is -2.63. The lowest BCUT2D eigenvalue weighted by molar-refractivity contribution is -0.225. The summed E-state index contributed by atoms with van der Waals surface area (Å²) in [5.41, 5.74) is 3.91. The average Bonchev–Trinajstić information content (AvgIpc) is 3.17. The van der Waals surface area contributed by atoms with E-state index in [2.05, 4.69) is 10.6 Å². The lowest BCUT2D eigenvalue weighted by Gasteiger charge is -2.49. The van der Waals surface area contributed by atoms with E-state index in [4.69, 9.17) is 15.2 Å². The molecule has 0 aromatic carbocycles. The molecule has 2 heterocycles. The first-order valence-electron chi connectivity index (χ1n) is 14.8. The van der Waals surface area contributed by atoms with Crippen molar-refractivity contribution >= 4 is 29.6 Å². The van der Waals surface area contributed by atoms with E-state index >= 15 is 0 Å². The van der Waals surface area contributed by atoms with E-state index in [0.29, 0.717) is 6.42 Å². The Morgan fingerprint density at radius 3 is 2.17 bits per heavy atom. The molecule has 0 aromatic heterocycles. The molecule has 4 aliphatic rings. The fraction of sp³-hybridized carbons (Fsp3) is 0.828. The van der Waals surface area contributed by atoms with Gasteiger partial charge in [0.05, 0.1) is 17.7 Å². The van der Waals surface area contributed by atoms with Crippen LogP contribution < -0.4 is 16.4 Å². The summed E-state index contributed by atoms with van der Waals surface area (Å²) in [6.07, 6.45) is 6.75. The zero-order valence-electron chi connectivity index (χ0n) is 24.5. The minimum Gasteiger partial charge on any atom is -0.444 e. The fourth-order valence-electron chi connectivity index (χ4n) is 6.87. The topological polar surface area (TPSA) is 157 Å². The second kappa shape index (κ2) is 11.7. The van der Waals surface area contributed by atoms with Crippen LogP contribution in [-0.2, 0) is 28.7 Å². The number of likely N-dealkylation sites (tertiary alicyclic amines) is 1. The third-order valence-electron chi connectivity index (χ3n) is 8.99. The van der Waals surface area contributed by atoms with Gasteiger partial charge in [-0.05, 0) is 65.7 Å². The zero-order chi connectivity index (χ0) is 29.4. The highest BCUT2D eigenvalue weighted by atomic mass is 16.6. The normalized spacial score (nSPS) is 27.8. The second-order valence-electron chi connectivity index (χ2n) is 13.6. The maximum Gasteiger partial charge on any atom is 0.408 e. The second-order valence-corrected chi connectivity index (χ2v) is 13.6. The number of hydrogen-bond acceptors (Lipinski definition) is 7. The molecule has 0 aromatic rings. The molecular formula is C29H46N4O7. The van der Waals surface area contributed by atoms with Crippen molar-refractivity contribution in [3.05, 3.63) is 0 Å². The predicted molar refractivity (Wildman–Crippen MR) is 146 cm³/mol. The molecule has 40 heavy (non-hydrogen) atoms. The maximum absolute atomic E-state index is 14.2. The number of amides is 4. The number of Topliss-reactive ketones (excluding diaryl/α,β-unsaturated/α-hetero) is 1. The number of primary amides is 1. The first-order valence-corrected chi connectivity index (χ1v) is 14.8. The van der Waals surface area contributed by atoms with E-state index in [9.17, 15) is 24.0 Å². The van der Waals surface area contributed by atoms with Crippen LogP contribution >= 0.6 is 0 Å². The van der Waals surface area contributed by atoms with Gasteiger partial charge in [-0.25, -0.2) is 4.79 Å². The van der Waals surface area contributed by atoms with Crippen molar-refractivity contribution < 1.29 is 33.4 Å². The van der Waals surface area contributed by atoms with Crippen LogP contribution in [0.15, 0.2) is 0 Å². The van der Waals surface area contributed by atoms with Crippen LogP contribution in [-0.4, -0.2) is 76.5 Å². The Morgan fingerprint density at radius 2 is 1.65 bits per heavy atom. The zero-order valence-corrected chi connectivity index (χ0v) is 24.5. The first kappa shape index (κ1) is 30.3. The number of ketones is 1. The summed E-state index contributed by atoms with van der Waals surface area (Å²) < 4.78 is 11.5. The van der Waals surface area contributed by atoms with Gasteiger partial charge in [0.15, 0.2) is 0 Å². The number of nitrogens with two attached hydrogens (primary N) is 1. The van der Waals surface area contributed by atoms with Gasteiger partial charge in [-0.1, -0.05) is 38.5 Å². The summed E-state index contributed by atoms with van der Waals surface area (Å²) in [6, 6.07) is -2.81. The molecule has 224 valence electrons. The summed E-state index contributed by atoms with van der Waals surface area (Å²) in [4.78, 5) is 66.9. The Bertz CT molecular complexity index is 1010. The SMILES string of the molecule is CC(C)(C)OC(=O)NC(C(=O)N1CC2OC(C)(C)C2C1C(=O)NC(CC1CCC1)C(=O)C(N)=O)C1CCCCC1. The molecule has 11 heteroatoms. The predicted octanol–water partition coefficient (Wildman–Crippen LogP) is 2.19. The van der Waals surface area contributed by atoms with Gasteiger partial charge in [-0.3, -0.25) is 19.2 Å². The van der Waals surface area contributed by atoms with E-state index in [0.717, 1.165) is 51.4 Å². The molecule has 0 radical (unpaired) electrons. The van der Waals surface area contributed by atoms with Crippen LogP contribution in [0.1, 0.15) is 92.4 Å². The van der Waals surface area contributed by atoms with Gasteiger partial charge in [0.2, 0.25) is 17.6 Å². The van der Waals surface area contributed by atoms with E-state index in [-0.39, 0.29) is 36.3 Å². The molecule has 0 spiro atoms. The summed E-state index contributed by atoms with van der Waals surface area (Å²) >= 11 is 0. The number of alkyl carbamates (subject to hydrolysis) is 1. The molecule has 2 aliphatic heterocycles. The van der Waals surface area contributed by atoms with E-state index in [1.54, 1.807) is 20.8 Å². The van der Waals surface area contributed by atoms with Crippen LogP contribution in [0.2, 0.25) is 0 Å². The van der Waals surface area contributed by atoms with Crippen molar-refractivity contribution in [3.63, 3.8) is 0 Å². The maximum atomic E-state index is 14.2. The smallest absolute Gasteiger partial charge is 0.408 e. The minimum absolute atomic E-state index is 0.0903. The number of carbonyl (C=O) groups is 5. The Morgan fingerprint density at radius 1 is 1.00 bits per heavy atom. The Balaban J connectivity index is 1.59. The van der Waals surface area contributed by atoms with Crippen molar-refractivity contribution in [1.29, 1.82) is 0 Å². The number of nitrogens with one attached hydrogen (secondary N) is 2. The van der Waals surface area contributed by atoms with Gasteiger partial charge in [-0.2, -0.15) is 0 Å². The molecule has 4 amide bonds. The van der Waals surface area contributed by atoms with Crippen LogP contribution in [0.5, 0.6) is 0 Å². The highest BCUT2D eigenvalue weighted by Crippen LogP contribution is 2.48. The molecule has 11 nitrogen and oxygen atoms in total. The Labute approximate surface area is 236 Å². The van der Waals surface area contributed by atoms with Crippen LogP contribution in [0.25, 0.3) is 0 Å². The van der Waals surface area contributed by atoms with Gasteiger partial charge in [0, 0.05) is 12.5 Å². The van der Waals surface area contributed by atoms with Gasteiger partial charge in [-0.15, -0.1) is 0 Å². The lowest BCUT2D eigenvalue weighted by atomic mass is 9.76. The van der Waals surface area contributed by atoms with Crippen molar-refractivity contribution in [3.8, 4) is 0 Å². The van der Waals surface area contributed by atoms with Gasteiger partial charge < -0.3 is 30.7 Å². The van der Waals surface area contributed by atoms with Crippen molar-refractivity contribution in [1.82, 2.24) is 15.5 Å². The molecule has 4 N–H and O–H groups in total. The van der Waals surface area contributed by atoms with Crippen molar-refractivity contribution in [2.45, 2.75) is 128 Å². The highest BCUT2D eigenvalue weighted by Gasteiger charge is 2.63. The van der Waals surface area contributed by atoms with E-state index in [1.165, 1.54) is 4.90 Å². The summed E-state index contributed by atoms with van der Waals surface area (Å²) in [5, 5.41) is 5.61. The number of nitrogens with zero attached hydrogens (tertiary/aromatic N) is 1. The fourth-order valence-corrected chi connectivity index (χ4v) is 6.87. The Kier molecular flexibility index (Phi) is 8.82. The number of hydrogen-bond donors (Lipinski definition) is 3. The van der Waals surface area contributed by atoms with Crippen LogP contribution in [0.3, 0.4) is 0 Å². The molecule has 4 fully saturated rings. The van der Waals surface area contributed by atoms with E-state index in [1.807, 2.05) is 13.8 Å². The minimum atomic E-state index is -1.09. The monoisotopic (exact) mass is 562 g/mol. The molecule has 2 aliphatic carbocycles. The van der Waals surface area contributed by atoms with E-state index < -0.39 is 53.0 Å². The van der Waals surface area contributed by atoms with Gasteiger partial charge in [0.25, 0.3) is 5.91 Å². The molecular weight excluding hydrogens is 516 g/mol. The van der Waals surface area contributed by atoms with Crippen LogP contribution in [0.4, 0.5) is 4.79 Å². The molecule has 0 bridgehead atoms. The Hall–Kier alpha value is -2.69. The average molecular weight is 563 g/mol. The number of rotatable bonds is 9. The highest BCUT2D eigenvalue weighted by molar-refractivity contribution is 6.37. The molecule has 5 atom stereocenters. The van der Waals surface area contributed by atoms with Gasteiger partial charge >= 0.3 is 6.09 Å². The van der Waals surface area contributed by atoms with Crippen LogP contribution in [0, 0.1) is 17.8 Å². The summed E-state index contributed by atoms with van der Waals surface area (Å²) in [5.74, 6) is -2.94. The molecule has 2 saturated heterocycles. The van der Waals surface area contributed by atoms with Gasteiger partial charge in [0.1, 0.15) is 17.7 Å². The first-order chi connectivity index (χ1) is 18.7.